The fourth-order valence-electron chi connectivity index (χ4n) is 13.5. The van der Waals surface area contributed by atoms with Gasteiger partial charge in [-0.05, 0) is 175 Å². The number of rotatable bonds is 6. The van der Waals surface area contributed by atoms with Crippen molar-refractivity contribution in [2.45, 2.75) is 45.4 Å². The van der Waals surface area contributed by atoms with E-state index in [0.29, 0.717) is 17.5 Å². The maximum absolute atomic E-state index is 5.33. The quantitative estimate of drug-likeness (QED) is 0.156. The Balaban J connectivity index is 0.856. The molecule has 0 aliphatic heterocycles. The molecule has 3 heteroatoms. The molecule has 0 bridgehead atoms. The first-order valence-corrected chi connectivity index (χ1v) is 26.9. The standard InChI is InChI=1S/C74H53N3/c1-44-75-71(49-34-36-51-57-40-59-61(42-65(57)73(2,3)63(51)38-49)69(47-26-14-8-15-27-47)55-32-20-18-30-53(55)67(59)45-22-10-6-11-23-45)77-72(76-44)50-35-37-52-58-41-60-62(43-66(58)74(4,5)64(52)39-50)70(48-28-16-9-17-29-48)56-33-21-19-31-54(56)68(60)46-24-12-7-13-25-46/h6-43H,1-5H3. The molecule has 0 saturated carbocycles. The van der Waals surface area contributed by atoms with Crippen molar-refractivity contribution in [1.82, 2.24) is 15.0 Å². The Morgan fingerprint density at radius 3 is 0.857 bits per heavy atom. The monoisotopic (exact) mass is 983 g/mol. The zero-order valence-electron chi connectivity index (χ0n) is 43.8. The summed E-state index contributed by atoms with van der Waals surface area (Å²) in [7, 11) is 0. The molecule has 3 nitrogen and oxygen atoms in total. The smallest absolute Gasteiger partial charge is 0.163 e. The summed E-state index contributed by atoms with van der Waals surface area (Å²) in [4.78, 5) is 15.4. The molecule has 0 atom stereocenters. The van der Waals surface area contributed by atoms with Crippen LogP contribution in [0.4, 0.5) is 0 Å². The number of fused-ring (bicyclic) bond motifs is 10. The minimum absolute atomic E-state index is 0.298. The van der Waals surface area contributed by atoms with E-state index in [1.807, 2.05) is 6.92 Å². The summed E-state index contributed by atoms with van der Waals surface area (Å²) in [6.45, 7) is 11.5. The number of hydrogen-bond acceptors (Lipinski definition) is 3. The van der Waals surface area contributed by atoms with Gasteiger partial charge in [0.15, 0.2) is 11.6 Å². The number of hydrogen-bond donors (Lipinski definition) is 0. The molecule has 1 heterocycles. The van der Waals surface area contributed by atoms with Crippen molar-refractivity contribution in [2.24, 2.45) is 0 Å². The fourth-order valence-corrected chi connectivity index (χ4v) is 13.5. The third kappa shape index (κ3) is 6.79. The Kier molecular flexibility index (Phi) is 9.87. The lowest BCUT2D eigenvalue weighted by atomic mass is 9.79. The maximum Gasteiger partial charge on any atom is 0.163 e. The fraction of sp³-hybridized carbons (Fsp3) is 0.0946. The molecule has 77 heavy (non-hydrogen) atoms. The van der Waals surface area contributed by atoms with Gasteiger partial charge in [-0.25, -0.2) is 15.0 Å². The van der Waals surface area contributed by atoms with Crippen LogP contribution in [0.2, 0.25) is 0 Å². The van der Waals surface area contributed by atoms with Gasteiger partial charge in [-0.1, -0.05) is 222 Å². The zero-order chi connectivity index (χ0) is 51.7. The van der Waals surface area contributed by atoms with Crippen LogP contribution in [0.1, 0.15) is 55.8 Å². The zero-order valence-corrected chi connectivity index (χ0v) is 43.8. The topological polar surface area (TPSA) is 38.7 Å². The van der Waals surface area contributed by atoms with E-state index >= 15 is 0 Å². The normalized spacial score (nSPS) is 13.7. The second kappa shape index (κ2) is 16.8. The van der Waals surface area contributed by atoms with Crippen molar-refractivity contribution in [3.63, 3.8) is 0 Å². The molecule has 1 aromatic heterocycles. The lowest BCUT2D eigenvalue weighted by Gasteiger charge is -2.24. The van der Waals surface area contributed by atoms with E-state index in [0.717, 1.165) is 11.1 Å². The maximum atomic E-state index is 5.33. The van der Waals surface area contributed by atoms with Gasteiger partial charge < -0.3 is 0 Å². The second-order valence-corrected chi connectivity index (χ2v) is 22.2. The molecular formula is C74H53N3. The van der Waals surface area contributed by atoms with Crippen LogP contribution in [-0.4, -0.2) is 15.0 Å². The highest BCUT2D eigenvalue weighted by molar-refractivity contribution is 6.24. The average molecular weight is 984 g/mol. The van der Waals surface area contributed by atoms with E-state index in [1.54, 1.807) is 0 Å². The molecule has 0 radical (unpaired) electrons. The van der Waals surface area contributed by atoms with Gasteiger partial charge in [0, 0.05) is 22.0 Å². The van der Waals surface area contributed by atoms with Crippen molar-refractivity contribution in [3.8, 4) is 89.5 Å². The van der Waals surface area contributed by atoms with Crippen molar-refractivity contribution in [1.29, 1.82) is 0 Å². The molecular weight excluding hydrogens is 931 g/mol. The Labute approximate surface area is 449 Å². The van der Waals surface area contributed by atoms with Gasteiger partial charge in [-0.2, -0.15) is 0 Å². The summed E-state index contributed by atoms with van der Waals surface area (Å²) < 4.78 is 0. The van der Waals surface area contributed by atoms with Crippen molar-refractivity contribution >= 4 is 43.1 Å². The summed E-state index contributed by atoms with van der Waals surface area (Å²) in [5, 5.41) is 10.1. The van der Waals surface area contributed by atoms with E-state index in [-0.39, 0.29) is 10.8 Å². The predicted molar refractivity (Wildman–Crippen MR) is 322 cm³/mol. The molecule has 0 saturated heterocycles. The highest BCUT2D eigenvalue weighted by atomic mass is 15.0. The second-order valence-electron chi connectivity index (χ2n) is 22.2. The number of benzene rings is 12. The van der Waals surface area contributed by atoms with Gasteiger partial charge >= 0.3 is 0 Å². The van der Waals surface area contributed by atoms with Crippen LogP contribution in [0.15, 0.2) is 231 Å². The molecule has 12 aromatic carbocycles. The third-order valence-corrected chi connectivity index (χ3v) is 17.2. The van der Waals surface area contributed by atoms with E-state index in [4.69, 9.17) is 15.0 Å². The van der Waals surface area contributed by atoms with Crippen LogP contribution < -0.4 is 0 Å². The number of aromatic nitrogens is 3. The molecule has 2 aliphatic carbocycles. The Hall–Kier alpha value is -9.31. The summed E-state index contributed by atoms with van der Waals surface area (Å²) in [6, 6.07) is 85.2. The molecule has 13 aromatic rings. The summed E-state index contributed by atoms with van der Waals surface area (Å²) in [6.07, 6.45) is 0. The van der Waals surface area contributed by atoms with Crippen LogP contribution >= 0.6 is 0 Å². The lowest BCUT2D eigenvalue weighted by Crippen LogP contribution is -2.15. The predicted octanol–water partition coefficient (Wildman–Crippen LogP) is 19.4. The van der Waals surface area contributed by atoms with Gasteiger partial charge in [0.05, 0.1) is 0 Å². The molecule has 0 N–H and O–H groups in total. The molecule has 0 amide bonds. The van der Waals surface area contributed by atoms with E-state index < -0.39 is 0 Å². The molecule has 364 valence electrons. The van der Waals surface area contributed by atoms with Gasteiger partial charge in [-0.3, -0.25) is 0 Å². The third-order valence-electron chi connectivity index (χ3n) is 17.2. The van der Waals surface area contributed by atoms with Crippen LogP contribution in [0.25, 0.3) is 133 Å². The first-order valence-electron chi connectivity index (χ1n) is 26.9. The number of nitrogens with zero attached hydrogens (tertiary/aromatic N) is 3. The van der Waals surface area contributed by atoms with Crippen LogP contribution in [0, 0.1) is 6.92 Å². The SMILES string of the molecule is Cc1nc(-c2ccc3c(c2)C(C)(C)c2cc4c(-c5ccccc5)c5ccccc5c(-c5ccccc5)c4cc2-3)nc(-c2ccc3c(c2)C(C)(C)c2cc4c(-c5ccccc5)c5ccccc5c(-c5ccccc5)c4cc2-3)n1. The van der Waals surface area contributed by atoms with Gasteiger partial charge in [-0.15, -0.1) is 0 Å². The first kappa shape index (κ1) is 45.1. The molecule has 0 fully saturated rings. The van der Waals surface area contributed by atoms with E-state index in [1.165, 1.54) is 132 Å². The minimum atomic E-state index is -0.298. The van der Waals surface area contributed by atoms with E-state index in [2.05, 4.69) is 258 Å². The van der Waals surface area contributed by atoms with Crippen molar-refractivity contribution in [2.75, 3.05) is 0 Å². The van der Waals surface area contributed by atoms with Crippen LogP contribution in [-0.2, 0) is 10.8 Å². The Morgan fingerprint density at radius 1 is 0.247 bits per heavy atom. The van der Waals surface area contributed by atoms with Crippen LogP contribution in [0.5, 0.6) is 0 Å². The molecule has 0 unspecified atom stereocenters. The number of aryl methyl sites for hydroxylation is 1. The van der Waals surface area contributed by atoms with Crippen LogP contribution in [0.3, 0.4) is 0 Å². The summed E-state index contributed by atoms with van der Waals surface area (Å²) in [5.41, 5.74) is 21.6. The largest absolute Gasteiger partial charge is 0.213 e. The average Bonchev–Trinajstić information content (AvgIpc) is 3.84. The summed E-state index contributed by atoms with van der Waals surface area (Å²) >= 11 is 0. The van der Waals surface area contributed by atoms with E-state index in [9.17, 15) is 0 Å². The van der Waals surface area contributed by atoms with Crippen molar-refractivity contribution in [3.05, 3.63) is 259 Å². The Morgan fingerprint density at radius 2 is 0.532 bits per heavy atom. The van der Waals surface area contributed by atoms with Gasteiger partial charge in [0.25, 0.3) is 0 Å². The first-order chi connectivity index (χ1) is 37.6. The van der Waals surface area contributed by atoms with Gasteiger partial charge in [0.1, 0.15) is 5.82 Å². The molecule has 2 aliphatic rings. The van der Waals surface area contributed by atoms with Gasteiger partial charge in [0.2, 0.25) is 0 Å². The molecule has 0 spiro atoms. The summed E-state index contributed by atoms with van der Waals surface area (Å²) in [5.74, 6) is 2.05. The minimum Gasteiger partial charge on any atom is -0.213 e. The Bertz CT molecular complexity index is 4300. The lowest BCUT2D eigenvalue weighted by molar-refractivity contribution is 0.661. The highest BCUT2D eigenvalue weighted by Crippen LogP contribution is 2.56. The van der Waals surface area contributed by atoms with Crippen molar-refractivity contribution < 1.29 is 0 Å². The molecule has 15 rings (SSSR count). The highest BCUT2D eigenvalue weighted by Gasteiger charge is 2.39.